The number of rotatable bonds is 9. The predicted octanol–water partition coefficient (Wildman–Crippen LogP) is 6.96. The van der Waals surface area contributed by atoms with Crippen LogP contribution in [0.1, 0.15) is 58.3 Å². The summed E-state index contributed by atoms with van der Waals surface area (Å²) in [6.07, 6.45) is 9.29. The zero-order valence-corrected chi connectivity index (χ0v) is 18.7. The Morgan fingerprint density at radius 1 is 1.03 bits per heavy atom. The summed E-state index contributed by atoms with van der Waals surface area (Å²) in [6.45, 7) is 2.54. The van der Waals surface area contributed by atoms with Gasteiger partial charge >= 0.3 is 0 Å². The second kappa shape index (κ2) is 10.5. The molecule has 1 aliphatic rings. The van der Waals surface area contributed by atoms with Crippen LogP contribution in [0.15, 0.2) is 66.7 Å². The first kappa shape index (κ1) is 21.4. The highest BCUT2D eigenvalue weighted by atomic mass is 32.1. The molecule has 1 fully saturated rings. The Labute approximate surface area is 188 Å². The van der Waals surface area contributed by atoms with Gasteiger partial charge in [-0.3, -0.25) is 4.79 Å². The van der Waals surface area contributed by atoms with Crippen molar-refractivity contribution in [3.63, 3.8) is 0 Å². The maximum absolute atomic E-state index is 12.7. The van der Waals surface area contributed by atoms with Gasteiger partial charge in [0, 0.05) is 11.3 Å². The molecule has 0 atom stereocenters. The van der Waals surface area contributed by atoms with Gasteiger partial charge in [-0.15, -0.1) is 11.3 Å². The van der Waals surface area contributed by atoms with Crippen LogP contribution in [0.25, 0.3) is 6.08 Å². The van der Waals surface area contributed by atoms with Crippen LogP contribution in [0.5, 0.6) is 11.5 Å². The molecule has 2 aromatic carbocycles. The summed E-state index contributed by atoms with van der Waals surface area (Å²) >= 11 is 1.56. The van der Waals surface area contributed by atoms with Crippen LogP contribution in [0.2, 0.25) is 0 Å². The number of allylic oxidation sites excluding steroid dienone is 1. The zero-order valence-electron chi connectivity index (χ0n) is 17.9. The molecule has 0 bridgehead atoms. The molecule has 0 amide bonds. The van der Waals surface area contributed by atoms with Crippen LogP contribution in [0.4, 0.5) is 0 Å². The van der Waals surface area contributed by atoms with Crippen LogP contribution >= 0.6 is 11.3 Å². The van der Waals surface area contributed by atoms with Crippen molar-refractivity contribution in [3.05, 3.63) is 87.6 Å². The fourth-order valence-corrected chi connectivity index (χ4v) is 4.80. The Hall–Kier alpha value is -2.85. The van der Waals surface area contributed by atoms with E-state index in [1.165, 1.54) is 23.3 Å². The zero-order chi connectivity index (χ0) is 21.5. The Morgan fingerprint density at radius 3 is 2.61 bits per heavy atom. The number of ketones is 1. The van der Waals surface area contributed by atoms with Crippen molar-refractivity contribution in [1.29, 1.82) is 0 Å². The molecule has 0 aliphatic heterocycles. The minimum Gasteiger partial charge on any atom is -0.490 e. The Kier molecular flexibility index (Phi) is 7.21. The lowest BCUT2D eigenvalue weighted by Gasteiger charge is -2.17. The summed E-state index contributed by atoms with van der Waals surface area (Å²) in [5, 5.41) is 0. The Bertz CT molecular complexity index is 1030. The highest BCUT2D eigenvalue weighted by molar-refractivity contribution is 7.14. The average molecular weight is 433 g/mol. The van der Waals surface area contributed by atoms with Gasteiger partial charge in [-0.05, 0) is 74.1 Å². The summed E-state index contributed by atoms with van der Waals surface area (Å²) in [5.41, 5.74) is 2.18. The first-order valence-electron chi connectivity index (χ1n) is 11.0. The van der Waals surface area contributed by atoms with E-state index in [0.717, 1.165) is 41.2 Å². The highest BCUT2D eigenvalue weighted by Gasteiger charge is 2.18. The second-order valence-corrected chi connectivity index (χ2v) is 8.96. The number of hydrogen-bond acceptors (Lipinski definition) is 4. The Morgan fingerprint density at radius 2 is 1.84 bits per heavy atom. The van der Waals surface area contributed by atoms with Crippen molar-refractivity contribution in [2.75, 3.05) is 6.61 Å². The van der Waals surface area contributed by atoms with Gasteiger partial charge in [-0.25, -0.2) is 0 Å². The van der Waals surface area contributed by atoms with Crippen molar-refractivity contribution in [1.82, 2.24) is 0 Å². The van der Waals surface area contributed by atoms with Gasteiger partial charge in [0.2, 0.25) is 0 Å². The Balaban J connectivity index is 1.42. The number of ether oxygens (including phenoxy) is 2. The third-order valence-corrected chi connectivity index (χ3v) is 6.52. The summed E-state index contributed by atoms with van der Waals surface area (Å²) in [7, 11) is 0. The maximum atomic E-state index is 12.7. The summed E-state index contributed by atoms with van der Waals surface area (Å²) in [6, 6.07) is 20.2. The summed E-state index contributed by atoms with van der Waals surface area (Å²) in [4.78, 5) is 14.6. The summed E-state index contributed by atoms with van der Waals surface area (Å²) < 4.78 is 11.9. The molecule has 3 nitrogen and oxygen atoms in total. The molecule has 0 spiro atoms. The third kappa shape index (κ3) is 5.86. The second-order valence-electron chi connectivity index (χ2n) is 7.79. The highest BCUT2D eigenvalue weighted by Crippen LogP contribution is 2.33. The molecule has 0 saturated heterocycles. The summed E-state index contributed by atoms with van der Waals surface area (Å²) in [5.74, 6) is 1.56. The van der Waals surface area contributed by atoms with Crippen molar-refractivity contribution in [2.45, 2.75) is 45.1 Å². The standard InChI is InChI=1S/C27H28O3S/c1-2-29-26-19-21(13-16-25(26)30-22-10-6-7-11-22)12-15-24(28)27-17-14-23(31-27)18-20-8-4-3-5-9-20/h3-5,8-9,12-17,19,22H,2,6-7,10-11,18H2,1H3/b15-12+. The number of thiophene rings is 1. The van der Waals surface area contributed by atoms with Gasteiger partial charge in [-0.1, -0.05) is 42.5 Å². The fourth-order valence-electron chi connectivity index (χ4n) is 3.84. The van der Waals surface area contributed by atoms with Gasteiger partial charge < -0.3 is 9.47 Å². The average Bonchev–Trinajstić information content (AvgIpc) is 3.47. The number of carbonyl (C=O) groups excluding carboxylic acids is 1. The van der Waals surface area contributed by atoms with E-state index in [1.54, 1.807) is 17.4 Å². The minimum absolute atomic E-state index is 0.0218. The molecule has 1 heterocycles. The number of benzene rings is 2. The molecule has 160 valence electrons. The van der Waals surface area contributed by atoms with Crippen LogP contribution < -0.4 is 9.47 Å². The molecule has 4 rings (SSSR count). The van der Waals surface area contributed by atoms with E-state index < -0.39 is 0 Å². The topological polar surface area (TPSA) is 35.5 Å². The van der Waals surface area contributed by atoms with Crippen molar-refractivity contribution in [3.8, 4) is 11.5 Å². The van der Waals surface area contributed by atoms with E-state index in [2.05, 4.69) is 12.1 Å². The van der Waals surface area contributed by atoms with Crippen LogP contribution in [-0.2, 0) is 6.42 Å². The van der Waals surface area contributed by atoms with E-state index in [-0.39, 0.29) is 11.9 Å². The lowest BCUT2D eigenvalue weighted by Crippen LogP contribution is -2.11. The van der Waals surface area contributed by atoms with Crippen molar-refractivity contribution in [2.24, 2.45) is 0 Å². The van der Waals surface area contributed by atoms with Crippen LogP contribution in [0.3, 0.4) is 0 Å². The predicted molar refractivity (Wildman–Crippen MR) is 127 cm³/mol. The maximum Gasteiger partial charge on any atom is 0.195 e. The molecule has 1 saturated carbocycles. The molecule has 4 heteroatoms. The lowest BCUT2D eigenvalue weighted by molar-refractivity contribution is 0.105. The van der Waals surface area contributed by atoms with E-state index in [4.69, 9.17) is 9.47 Å². The molecule has 3 aromatic rings. The molecule has 1 aliphatic carbocycles. The quantitative estimate of drug-likeness (QED) is 0.271. The van der Waals surface area contributed by atoms with Gasteiger partial charge in [-0.2, -0.15) is 0 Å². The third-order valence-electron chi connectivity index (χ3n) is 5.42. The monoisotopic (exact) mass is 432 g/mol. The molecule has 31 heavy (non-hydrogen) atoms. The lowest BCUT2D eigenvalue weighted by atomic mass is 10.1. The van der Waals surface area contributed by atoms with E-state index in [9.17, 15) is 4.79 Å². The number of carbonyl (C=O) groups is 1. The molecule has 1 aromatic heterocycles. The normalized spacial score (nSPS) is 14.2. The first-order chi connectivity index (χ1) is 15.2. The molecular weight excluding hydrogens is 404 g/mol. The fraction of sp³-hybridized carbons (Fsp3) is 0.296. The molecule has 0 N–H and O–H groups in total. The molecule has 0 unspecified atom stereocenters. The van der Waals surface area contributed by atoms with E-state index in [1.807, 2.05) is 61.5 Å². The largest absolute Gasteiger partial charge is 0.490 e. The SMILES string of the molecule is CCOc1cc(/C=C/C(=O)c2ccc(Cc3ccccc3)s2)ccc1OC1CCCC1. The van der Waals surface area contributed by atoms with Gasteiger partial charge in [0.15, 0.2) is 17.3 Å². The van der Waals surface area contributed by atoms with Crippen molar-refractivity contribution >= 4 is 23.2 Å². The van der Waals surface area contributed by atoms with Gasteiger partial charge in [0.05, 0.1) is 17.6 Å². The molecule has 0 radical (unpaired) electrons. The first-order valence-corrected chi connectivity index (χ1v) is 11.8. The minimum atomic E-state index is 0.0218. The van der Waals surface area contributed by atoms with Crippen molar-refractivity contribution < 1.29 is 14.3 Å². The van der Waals surface area contributed by atoms with Crippen LogP contribution in [-0.4, -0.2) is 18.5 Å². The van der Waals surface area contributed by atoms with E-state index >= 15 is 0 Å². The van der Waals surface area contributed by atoms with E-state index in [0.29, 0.717) is 6.61 Å². The van der Waals surface area contributed by atoms with Gasteiger partial charge in [0.25, 0.3) is 0 Å². The number of hydrogen-bond donors (Lipinski definition) is 0. The smallest absolute Gasteiger partial charge is 0.195 e. The van der Waals surface area contributed by atoms with Gasteiger partial charge in [0.1, 0.15) is 0 Å². The van der Waals surface area contributed by atoms with Crippen LogP contribution in [0, 0.1) is 0 Å². The molecular formula is C27H28O3S.